The van der Waals surface area contributed by atoms with Crippen molar-refractivity contribution in [1.29, 1.82) is 0 Å². The lowest BCUT2D eigenvalue weighted by Crippen LogP contribution is -2.45. The summed E-state index contributed by atoms with van der Waals surface area (Å²) >= 11 is 0. The molecule has 0 amide bonds. The second-order valence-corrected chi connectivity index (χ2v) is 7.40. The molecule has 2 fully saturated rings. The van der Waals surface area contributed by atoms with E-state index in [2.05, 4.69) is 64.7 Å². The maximum atomic E-state index is 4.88. The van der Waals surface area contributed by atoms with Gasteiger partial charge in [0.25, 0.3) is 0 Å². The van der Waals surface area contributed by atoms with Gasteiger partial charge in [-0.1, -0.05) is 18.2 Å². The smallest absolute Gasteiger partial charge is 0.191 e. The van der Waals surface area contributed by atoms with Crippen LogP contribution in [0.15, 0.2) is 35.3 Å². The number of aliphatic imine (C=N–C) groups is 1. The summed E-state index contributed by atoms with van der Waals surface area (Å²) in [6.45, 7) is 8.52. The molecule has 2 N–H and O–H groups in total. The molecule has 0 spiro atoms. The van der Waals surface area contributed by atoms with Gasteiger partial charge >= 0.3 is 0 Å². The van der Waals surface area contributed by atoms with Crippen LogP contribution in [0.4, 0.5) is 5.69 Å². The molecule has 0 aliphatic carbocycles. The maximum absolute atomic E-state index is 4.88. The van der Waals surface area contributed by atoms with E-state index in [1.807, 2.05) is 0 Å². The van der Waals surface area contributed by atoms with Crippen molar-refractivity contribution in [3.63, 3.8) is 0 Å². The van der Waals surface area contributed by atoms with Crippen LogP contribution < -0.4 is 15.5 Å². The van der Waals surface area contributed by atoms with E-state index < -0.39 is 0 Å². The number of guanidine groups is 1. The van der Waals surface area contributed by atoms with E-state index in [0.29, 0.717) is 12.0 Å². The van der Waals surface area contributed by atoms with Crippen molar-refractivity contribution in [1.82, 2.24) is 15.5 Å². The summed E-state index contributed by atoms with van der Waals surface area (Å²) in [4.78, 5) is 9.77. The fraction of sp³-hybridized carbons (Fsp3) is 0.650. The van der Waals surface area contributed by atoms with E-state index in [-0.39, 0.29) is 0 Å². The number of rotatable bonds is 5. The SMILES string of the molecule is CCNC(=NCC1CCCN(C)C1)NC1CCN(c2ccccc2)C1. The van der Waals surface area contributed by atoms with Gasteiger partial charge in [0.05, 0.1) is 0 Å². The van der Waals surface area contributed by atoms with Gasteiger partial charge in [0.1, 0.15) is 0 Å². The fourth-order valence-electron chi connectivity index (χ4n) is 3.91. The van der Waals surface area contributed by atoms with Crippen LogP contribution in [0.3, 0.4) is 0 Å². The van der Waals surface area contributed by atoms with Crippen LogP contribution in [0.5, 0.6) is 0 Å². The summed E-state index contributed by atoms with van der Waals surface area (Å²) in [6, 6.07) is 11.2. The maximum Gasteiger partial charge on any atom is 0.191 e. The number of hydrogen-bond acceptors (Lipinski definition) is 3. The van der Waals surface area contributed by atoms with E-state index in [9.17, 15) is 0 Å². The molecule has 2 unspecified atom stereocenters. The predicted molar refractivity (Wildman–Crippen MR) is 106 cm³/mol. The number of hydrogen-bond donors (Lipinski definition) is 2. The lowest BCUT2D eigenvalue weighted by molar-refractivity contribution is 0.214. The standard InChI is InChI=1S/C20H33N5/c1-3-21-20(22-14-17-8-7-12-24(2)15-17)23-18-11-13-25(16-18)19-9-5-4-6-10-19/h4-6,9-10,17-18H,3,7-8,11-16H2,1-2H3,(H2,21,22,23). The van der Waals surface area contributed by atoms with Crippen molar-refractivity contribution in [2.75, 3.05) is 51.2 Å². The molecule has 5 nitrogen and oxygen atoms in total. The number of nitrogens with one attached hydrogen (secondary N) is 2. The molecule has 0 aromatic heterocycles. The first-order valence-corrected chi connectivity index (χ1v) is 9.78. The minimum absolute atomic E-state index is 0.465. The van der Waals surface area contributed by atoms with Crippen LogP contribution in [0.25, 0.3) is 0 Å². The topological polar surface area (TPSA) is 42.9 Å². The fourth-order valence-corrected chi connectivity index (χ4v) is 3.91. The van der Waals surface area contributed by atoms with Crippen LogP contribution in [0.2, 0.25) is 0 Å². The number of para-hydroxylation sites is 1. The second kappa shape index (κ2) is 9.09. The van der Waals surface area contributed by atoms with Crippen molar-refractivity contribution in [3.05, 3.63) is 30.3 Å². The van der Waals surface area contributed by atoms with Crippen LogP contribution in [-0.2, 0) is 0 Å². The highest BCUT2D eigenvalue weighted by Crippen LogP contribution is 2.19. The number of likely N-dealkylation sites (tertiary alicyclic amines) is 1. The van der Waals surface area contributed by atoms with Crippen molar-refractivity contribution < 1.29 is 0 Å². The Kier molecular flexibility index (Phi) is 6.56. The van der Waals surface area contributed by atoms with Gasteiger partial charge in [0.15, 0.2) is 5.96 Å². The van der Waals surface area contributed by atoms with Gasteiger partial charge in [-0.05, 0) is 57.8 Å². The van der Waals surface area contributed by atoms with E-state index in [1.165, 1.54) is 31.6 Å². The highest BCUT2D eigenvalue weighted by molar-refractivity contribution is 5.80. The van der Waals surface area contributed by atoms with Gasteiger partial charge in [-0.2, -0.15) is 0 Å². The average Bonchev–Trinajstić information content (AvgIpc) is 3.09. The Labute approximate surface area is 152 Å². The molecule has 0 bridgehead atoms. The first-order chi connectivity index (χ1) is 12.2. The summed E-state index contributed by atoms with van der Waals surface area (Å²) < 4.78 is 0. The second-order valence-electron chi connectivity index (χ2n) is 7.40. The summed E-state index contributed by atoms with van der Waals surface area (Å²) in [5, 5.41) is 7.07. The first kappa shape index (κ1) is 18.1. The van der Waals surface area contributed by atoms with E-state index in [0.717, 1.165) is 38.6 Å². The van der Waals surface area contributed by atoms with Gasteiger partial charge in [0.2, 0.25) is 0 Å². The Morgan fingerprint density at radius 3 is 2.76 bits per heavy atom. The Morgan fingerprint density at radius 1 is 1.16 bits per heavy atom. The summed E-state index contributed by atoms with van der Waals surface area (Å²) in [7, 11) is 2.22. The molecule has 2 atom stereocenters. The molecule has 138 valence electrons. The van der Waals surface area contributed by atoms with Crippen LogP contribution in [0, 0.1) is 5.92 Å². The summed E-state index contributed by atoms with van der Waals surface area (Å²) in [5.41, 5.74) is 1.32. The molecular weight excluding hydrogens is 310 g/mol. The highest BCUT2D eigenvalue weighted by atomic mass is 15.2. The average molecular weight is 344 g/mol. The van der Waals surface area contributed by atoms with E-state index in [1.54, 1.807) is 0 Å². The lowest BCUT2D eigenvalue weighted by atomic mass is 9.99. The molecule has 0 saturated carbocycles. The van der Waals surface area contributed by atoms with Crippen LogP contribution >= 0.6 is 0 Å². The number of piperidine rings is 1. The Morgan fingerprint density at radius 2 is 2.00 bits per heavy atom. The van der Waals surface area contributed by atoms with Crippen molar-refractivity contribution in [3.8, 4) is 0 Å². The Balaban J connectivity index is 1.52. The van der Waals surface area contributed by atoms with E-state index >= 15 is 0 Å². The summed E-state index contributed by atoms with van der Waals surface area (Å²) in [5.74, 6) is 1.68. The molecule has 1 aromatic carbocycles. The minimum Gasteiger partial charge on any atom is -0.369 e. The van der Waals surface area contributed by atoms with Gasteiger partial charge in [-0.25, -0.2) is 0 Å². The molecule has 1 aromatic rings. The summed E-state index contributed by atoms with van der Waals surface area (Å²) in [6.07, 6.45) is 3.76. The molecule has 2 heterocycles. The lowest BCUT2D eigenvalue weighted by Gasteiger charge is -2.29. The zero-order valence-electron chi connectivity index (χ0n) is 15.7. The molecule has 5 heteroatoms. The minimum atomic E-state index is 0.465. The number of benzene rings is 1. The van der Waals surface area contributed by atoms with Crippen LogP contribution in [-0.4, -0.2) is 63.2 Å². The Hall–Kier alpha value is -1.75. The molecule has 25 heavy (non-hydrogen) atoms. The molecule has 3 rings (SSSR count). The molecular formula is C20H33N5. The predicted octanol–water partition coefficient (Wildman–Crippen LogP) is 2.16. The third kappa shape index (κ3) is 5.36. The first-order valence-electron chi connectivity index (χ1n) is 9.78. The molecule has 2 saturated heterocycles. The van der Waals surface area contributed by atoms with Crippen molar-refractivity contribution >= 4 is 11.6 Å². The largest absolute Gasteiger partial charge is 0.369 e. The molecule has 2 aliphatic rings. The van der Waals surface area contributed by atoms with Crippen molar-refractivity contribution in [2.24, 2.45) is 10.9 Å². The quantitative estimate of drug-likeness (QED) is 0.635. The van der Waals surface area contributed by atoms with Gasteiger partial charge in [-0.3, -0.25) is 4.99 Å². The zero-order valence-corrected chi connectivity index (χ0v) is 15.7. The third-order valence-corrected chi connectivity index (χ3v) is 5.22. The zero-order chi connectivity index (χ0) is 17.5. The number of anilines is 1. The highest BCUT2D eigenvalue weighted by Gasteiger charge is 2.23. The van der Waals surface area contributed by atoms with Gasteiger partial charge in [-0.15, -0.1) is 0 Å². The Bertz CT molecular complexity index is 544. The van der Waals surface area contributed by atoms with Crippen LogP contribution in [0.1, 0.15) is 26.2 Å². The van der Waals surface area contributed by atoms with E-state index in [4.69, 9.17) is 4.99 Å². The molecule has 0 radical (unpaired) electrons. The number of nitrogens with zero attached hydrogens (tertiary/aromatic N) is 3. The monoisotopic (exact) mass is 343 g/mol. The normalized spacial score (nSPS) is 25.2. The van der Waals surface area contributed by atoms with Crippen molar-refractivity contribution in [2.45, 2.75) is 32.2 Å². The molecule has 2 aliphatic heterocycles. The van der Waals surface area contributed by atoms with Gasteiger partial charge < -0.3 is 20.4 Å². The van der Waals surface area contributed by atoms with Gasteiger partial charge in [0, 0.05) is 44.5 Å². The third-order valence-electron chi connectivity index (χ3n) is 5.22.